The highest BCUT2D eigenvalue weighted by Crippen LogP contribution is 2.17. The first-order valence-corrected chi connectivity index (χ1v) is 11.1. The van der Waals surface area contributed by atoms with Gasteiger partial charge in [0.15, 0.2) is 0 Å². The molecule has 0 aliphatic carbocycles. The summed E-state index contributed by atoms with van der Waals surface area (Å²) in [6.45, 7) is 2.27. The molecule has 0 aliphatic heterocycles. The molecule has 0 atom stereocenters. The van der Waals surface area contributed by atoms with E-state index in [0.717, 1.165) is 12.0 Å². The third kappa shape index (κ3) is 8.29. The van der Waals surface area contributed by atoms with Crippen molar-refractivity contribution in [3.05, 3.63) is 70.8 Å². The Labute approximate surface area is 171 Å². The topological polar surface area (TPSA) is 37.3 Å². The maximum Gasteiger partial charge on any atom is 0.335 e. The van der Waals surface area contributed by atoms with Gasteiger partial charge >= 0.3 is 5.97 Å². The average molecular weight is 381 g/mol. The van der Waals surface area contributed by atoms with Gasteiger partial charge in [0.1, 0.15) is 0 Å². The molecule has 2 heteroatoms. The monoisotopic (exact) mass is 380 g/mol. The summed E-state index contributed by atoms with van der Waals surface area (Å²) in [6.07, 6.45) is 15.5. The third-order valence-electron chi connectivity index (χ3n) is 5.48. The second-order valence-electron chi connectivity index (χ2n) is 7.89. The van der Waals surface area contributed by atoms with E-state index in [-0.39, 0.29) is 0 Å². The number of hydrogen-bond acceptors (Lipinski definition) is 1. The van der Waals surface area contributed by atoms with E-state index in [4.69, 9.17) is 0 Å². The molecule has 28 heavy (non-hydrogen) atoms. The van der Waals surface area contributed by atoms with E-state index in [2.05, 4.69) is 31.2 Å². The van der Waals surface area contributed by atoms with Crippen molar-refractivity contribution in [1.82, 2.24) is 0 Å². The molecular weight excluding hydrogens is 344 g/mol. The zero-order valence-electron chi connectivity index (χ0n) is 17.5. The lowest BCUT2D eigenvalue weighted by Gasteiger charge is -2.07. The molecule has 152 valence electrons. The van der Waals surface area contributed by atoms with Crippen LogP contribution in [-0.4, -0.2) is 11.1 Å². The predicted octanol–water partition coefficient (Wildman–Crippen LogP) is 7.44. The lowest BCUT2D eigenvalue weighted by Crippen LogP contribution is -2.02. The Bertz CT molecular complexity index is 688. The van der Waals surface area contributed by atoms with Crippen LogP contribution in [0.2, 0.25) is 0 Å². The second-order valence-corrected chi connectivity index (χ2v) is 7.89. The first-order chi connectivity index (χ1) is 13.7. The van der Waals surface area contributed by atoms with Crippen molar-refractivity contribution < 1.29 is 9.90 Å². The van der Waals surface area contributed by atoms with Crippen LogP contribution in [0.3, 0.4) is 0 Å². The van der Waals surface area contributed by atoms with Gasteiger partial charge in [0, 0.05) is 0 Å². The number of rotatable bonds is 14. The van der Waals surface area contributed by atoms with Crippen LogP contribution in [0.25, 0.3) is 0 Å². The van der Waals surface area contributed by atoms with Gasteiger partial charge in [0.05, 0.1) is 5.56 Å². The van der Waals surface area contributed by atoms with E-state index in [9.17, 15) is 9.90 Å². The second kappa shape index (κ2) is 13.1. The van der Waals surface area contributed by atoms with E-state index >= 15 is 0 Å². The number of carboxylic acid groups (broad SMARTS) is 1. The fourth-order valence-electron chi connectivity index (χ4n) is 3.74. The van der Waals surface area contributed by atoms with Crippen molar-refractivity contribution in [2.45, 2.75) is 84.0 Å². The van der Waals surface area contributed by atoms with Crippen molar-refractivity contribution in [2.75, 3.05) is 0 Å². The Balaban J connectivity index is 1.65. The Morgan fingerprint density at radius 3 is 1.86 bits per heavy atom. The summed E-state index contributed by atoms with van der Waals surface area (Å²) in [6, 6.07) is 16.0. The number of carbonyl (C=O) groups is 1. The van der Waals surface area contributed by atoms with Gasteiger partial charge in [-0.25, -0.2) is 4.79 Å². The Kier molecular flexibility index (Phi) is 10.4. The minimum Gasteiger partial charge on any atom is -0.478 e. The molecule has 0 heterocycles. The first-order valence-electron chi connectivity index (χ1n) is 11.1. The standard InChI is InChI=1S/C26H36O2/c1-2-3-4-5-6-7-8-9-10-11-14-22-17-19-23(20-18-22)21-24-15-12-13-16-25(24)26(27)28/h12-13,15-20H,2-11,14,21H2,1H3,(H,27,28). The SMILES string of the molecule is CCCCCCCCCCCCc1ccc(Cc2ccccc2C(=O)O)cc1. The quantitative estimate of drug-likeness (QED) is 0.346. The Morgan fingerprint density at radius 2 is 1.25 bits per heavy atom. The zero-order chi connectivity index (χ0) is 20.0. The van der Waals surface area contributed by atoms with Crippen LogP contribution in [0.5, 0.6) is 0 Å². The average Bonchev–Trinajstić information content (AvgIpc) is 2.71. The van der Waals surface area contributed by atoms with E-state index in [1.165, 1.54) is 75.3 Å². The fraction of sp³-hybridized carbons (Fsp3) is 0.500. The van der Waals surface area contributed by atoms with Gasteiger partial charge in [-0.1, -0.05) is 107 Å². The van der Waals surface area contributed by atoms with Crippen molar-refractivity contribution >= 4 is 5.97 Å². The largest absolute Gasteiger partial charge is 0.478 e. The van der Waals surface area contributed by atoms with Gasteiger partial charge in [-0.15, -0.1) is 0 Å². The van der Waals surface area contributed by atoms with Crippen LogP contribution in [-0.2, 0) is 12.8 Å². The zero-order valence-corrected chi connectivity index (χ0v) is 17.5. The summed E-state index contributed by atoms with van der Waals surface area (Å²) in [4.78, 5) is 11.3. The summed E-state index contributed by atoms with van der Waals surface area (Å²) in [5.74, 6) is -0.854. The van der Waals surface area contributed by atoms with Crippen LogP contribution < -0.4 is 0 Å². The van der Waals surface area contributed by atoms with E-state index in [0.29, 0.717) is 12.0 Å². The highest BCUT2D eigenvalue weighted by molar-refractivity contribution is 5.89. The first kappa shape index (κ1) is 22.2. The third-order valence-corrected chi connectivity index (χ3v) is 5.48. The molecule has 0 aliphatic rings. The molecular formula is C26H36O2. The maximum atomic E-state index is 11.3. The van der Waals surface area contributed by atoms with Gasteiger partial charge in [-0.2, -0.15) is 0 Å². The molecule has 2 nitrogen and oxygen atoms in total. The van der Waals surface area contributed by atoms with E-state index in [1.807, 2.05) is 12.1 Å². The summed E-state index contributed by atoms with van der Waals surface area (Å²) in [5.41, 5.74) is 3.82. The van der Waals surface area contributed by atoms with E-state index < -0.39 is 5.97 Å². The lowest BCUT2D eigenvalue weighted by molar-refractivity contribution is 0.0696. The molecule has 2 aromatic carbocycles. The van der Waals surface area contributed by atoms with Crippen molar-refractivity contribution in [3.8, 4) is 0 Å². The summed E-state index contributed by atoms with van der Waals surface area (Å²) < 4.78 is 0. The molecule has 0 saturated heterocycles. The number of aromatic carboxylic acids is 1. The molecule has 2 aromatic rings. The van der Waals surface area contributed by atoms with Crippen molar-refractivity contribution in [1.29, 1.82) is 0 Å². The molecule has 0 amide bonds. The molecule has 0 fully saturated rings. The predicted molar refractivity (Wildman–Crippen MR) is 118 cm³/mol. The fourth-order valence-corrected chi connectivity index (χ4v) is 3.74. The minimum atomic E-state index is -0.854. The molecule has 0 spiro atoms. The van der Waals surface area contributed by atoms with Crippen LogP contribution in [0.4, 0.5) is 0 Å². The molecule has 2 rings (SSSR count). The van der Waals surface area contributed by atoms with Crippen LogP contribution in [0.1, 0.15) is 98.2 Å². The lowest BCUT2D eigenvalue weighted by atomic mass is 9.98. The highest BCUT2D eigenvalue weighted by Gasteiger charge is 2.09. The number of hydrogen-bond donors (Lipinski definition) is 1. The molecule has 0 aromatic heterocycles. The van der Waals surface area contributed by atoms with E-state index in [1.54, 1.807) is 12.1 Å². The van der Waals surface area contributed by atoms with Gasteiger partial charge < -0.3 is 5.11 Å². The van der Waals surface area contributed by atoms with Crippen LogP contribution in [0.15, 0.2) is 48.5 Å². The van der Waals surface area contributed by atoms with Crippen molar-refractivity contribution in [2.24, 2.45) is 0 Å². The molecule has 0 saturated carbocycles. The van der Waals surface area contributed by atoms with Crippen LogP contribution in [0, 0.1) is 0 Å². The highest BCUT2D eigenvalue weighted by atomic mass is 16.4. The van der Waals surface area contributed by atoms with Gasteiger partial charge in [0.2, 0.25) is 0 Å². The molecule has 0 unspecified atom stereocenters. The molecule has 0 radical (unpaired) electrons. The van der Waals surface area contributed by atoms with Crippen molar-refractivity contribution in [3.63, 3.8) is 0 Å². The Morgan fingerprint density at radius 1 is 0.714 bits per heavy atom. The normalized spacial score (nSPS) is 10.9. The number of benzene rings is 2. The van der Waals surface area contributed by atoms with Gasteiger partial charge in [0.25, 0.3) is 0 Å². The number of carboxylic acids is 1. The number of unbranched alkanes of at least 4 members (excludes halogenated alkanes) is 9. The summed E-state index contributed by atoms with van der Waals surface area (Å²) >= 11 is 0. The number of aryl methyl sites for hydroxylation is 1. The Hall–Kier alpha value is -2.09. The van der Waals surface area contributed by atoms with Gasteiger partial charge in [-0.05, 0) is 42.0 Å². The smallest absolute Gasteiger partial charge is 0.335 e. The van der Waals surface area contributed by atoms with Crippen LogP contribution >= 0.6 is 0 Å². The molecule has 1 N–H and O–H groups in total. The molecule has 0 bridgehead atoms. The summed E-state index contributed by atoms with van der Waals surface area (Å²) in [7, 11) is 0. The minimum absolute atomic E-state index is 0.400. The van der Waals surface area contributed by atoms with Gasteiger partial charge in [-0.3, -0.25) is 0 Å². The maximum absolute atomic E-state index is 11.3. The summed E-state index contributed by atoms with van der Waals surface area (Å²) in [5, 5.41) is 9.31.